The summed E-state index contributed by atoms with van der Waals surface area (Å²) in [6.45, 7) is 0.396. The number of benzene rings is 1. The van der Waals surface area contributed by atoms with E-state index in [1.807, 2.05) is 30.3 Å². The highest BCUT2D eigenvalue weighted by molar-refractivity contribution is 5.92. The molecule has 7 nitrogen and oxygen atoms in total. The quantitative estimate of drug-likeness (QED) is 0.722. The fraction of sp³-hybridized carbons (Fsp3) is 0.118. The first kappa shape index (κ1) is 15.5. The van der Waals surface area contributed by atoms with E-state index in [-0.39, 0.29) is 5.69 Å². The van der Waals surface area contributed by atoms with Crippen LogP contribution in [0.15, 0.2) is 53.1 Å². The van der Waals surface area contributed by atoms with Gasteiger partial charge in [0.05, 0.1) is 25.6 Å². The maximum Gasteiger partial charge on any atom is 0.267 e. The second-order valence-corrected chi connectivity index (χ2v) is 4.99. The van der Waals surface area contributed by atoms with Crippen molar-refractivity contribution in [2.75, 3.05) is 12.4 Å². The highest BCUT2D eigenvalue weighted by Gasteiger charge is 2.11. The Morgan fingerprint density at radius 2 is 2.12 bits per heavy atom. The predicted molar refractivity (Wildman–Crippen MR) is 88.6 cm³/mol. The number of rotatable bonds is 6. The normalized spacial score (nSPS) is 10.4. The molecule has 0 spiro atoms. The molecule has 0 unspecified atom stereocenters. The Morgan fingerprint density at radius 3 is 2.83 bits per heavy atom. The molecule has 0 atom stereocenters. The lowest BCUT2D eigenvalue weighted by Gasteiger charge is -2.09. The van der Waals surface area contributed by atoms with E-state index in [4.69, 9.17) is 14.9 Å². The van der Waals surface area contributed by atoms with Crippen molar-refractivity contribution in [3.8, 4) is 17.0 Å². The summed E-state index contributed by atoms with van der Waals surface area (Å²) < 4.78 is 10.5. The first-order valence-electron chi connectivity index (χ1n) is 7.25. The number of carbonyl (C=O) groups is 1. The van der Waals surface area contributed by atoms with Crippen LogP contribution in [0.25, 0.3) is 11.3 Å². The van der Waals surface area contributed by atoms with Crippen molar-refractivity contribution in [3.05, 3.63) is 60.2 Å². The molecule has 0 saturated carbocycles. The molecule has 0 fully saturated rings. The smallest absolute Gasteiger partial charge is 0.267 e. The van der Waals surface area contributed by atoms with Gasteiger partial charge in [-0.05, 0) is 30.3 Å². The van der Waals surface area contributed by atoms with Crippen molar-refractivity contribution in [1.29, 1.82) is 0 Å². The number of furan rings is 1. The van der Waals surface area contributed by atoms with Crippen molar-refractivity contribution in [2.24, 2.45) is 5.73 Å². The van der Waals surface area contributed by atoms with E-state index in [0.717, 1.165) is 11.3 Å². The summed E-state index contributed by atoms with van der Waals surface area (Å²) in [7, 11) is 1.59. The lowest BCUT2D eigenvalue weighted by atomic mass is 10.1. The van der Waals surface area contributed by atoms with E-state index in [9.17, 15) is 4.79 Å². The Labute approximate surface area is 138 Å². The third-order valence-electron chi connectivity index (χ3n) is 3.34. The average molecular weight is 324 g/mol. The van der Waals surface area contributed by atoms with E-state index >= 15 is 0 Å². The molecule has 0 aliphatic carbocycles. The average Bonchev–Trinajstić information content (AvgIpc) is 3.13. The molecule has 0 bridgehead atoms. The van der Waals surface area contributed by atoms with Crippen LogP contribution in [0.2, 0.25) is 0 Å². The lowest BCUT2D eigenvalue weighted by Crippen LogP contribution is -2.15. The third-order valence-corrected chi connectivity index (χ3v) is 3.34. The van der Waals surface area contributed by atoms with Gasteiger partial charge in [0.2, 0.25) is 5.95 Å². The third kappa shape index (κ3) is 3.52. The summed E-state index contributed by atoms with van der Waals surface area (Å²) >= 11 is 0. The van der Waals surface area contributed by atoms with Gasteiger partial charge in [-0.25, -0.2) is 9.97 Å². The highest BCUT2D eigenvalue weighted by atomic mass is 16.5. The number of nitrogens with two attached hydrogens (primary N) is 1. The minimum atomic E-state index is -0.623. The van der Waals surface area contributed by atoms with E-state index in [2.05, 4.69) is 15.3 Å². The van der Waals surface area contributed by atoms with Crippen molar-refractivity contribution < 1.29 is 13.9 Å². The van der Waals surface area contributed by atoms with Gasteiger partial charge in [-0.2, -0.15) is 0 Å². The number of nitrogens with zero attached hydrogens (tertiary/aromatic N) is 2. The number of aromatic nitrogens is 2. The largest absolute Gasteiger partial charge is 0.497 e. The van der Waals surface area contributed by atoms with Gasteiger partial charge < -0.3 is 20.2 Å². The fourth-order valence-corrected chi connectivity index (χ4v) is 2.16. The minimum absolute atomic E-state index is 0.129. The van der Waals surface area contributed by atoms with Gasteiger partial charge in [0.25, 0.3) is 5.91 Å². The summed E-state index contributed by atoms with van der Waals surface area (Å²) in [6, 6.07) is 12.5. The summed E-state index contributed by atoms with van der Waals surface area (Å²) in [4.78, 5) is 20.1. The van der Waals surface area contributed by atoms with Crippen LogP contribution in [0, 0.1) is 0 Å². The Balaban J connectivity index is 1.94. The van der Waals surface area contributed by atoms with E-state index in [0.29, 0.717) is 23.9 Å². The van der Waals surface area contributed by atoms with Crippen molar-refractivity contribution in [3.63, 3.8) is 0 Å². The summed E-state index contributed by atoms with van der Waals surface area (Å²) in [5.74, 6) is 1.09. The number of anilines is 1. The monoisotopic (exact) mass is 324 g/mol. The van der Waals surface area contributed by atoms with Gasteiger partial charge in [0, 0.05) is 5.56 Å². The molecule has 1 amide bonds. The number of hydrogen-bond donors (Lipinski definition) is 2. The zero-order valence-corrected chi connectivity index (χ0v) is 13.0. The Hall–Kier alpha value is -3.35. The van der Waals surface area contributed by atoms with E-state index in [1.165, 1.54) is 0 Å². The number of methoxy groups -OCH3 is 1. The number of amides is 1. The van der Waals surface area contributed by atoms with Gasteiger partial charge in [-0.15, -0.1) is 0 Å². The Morgan fingerprint density at radius 1 is 1.25 bits per heavy atom. The molecule has 0 saturated heterocycles. The van der Waals surface area contributed by atoms with Crippen molar-refractivity contribution >= 4 is 11.9 Å². The number of carbonyl (C=O) groups excluding carboxylic acids is 1. The predicted octanol–water partition coefficient (Wildman–Crippen LogP) is 2.46. The molecule has 122 valence electrons. The zero-order valence-electron chi connectivity index (χ0n) is 13.0. The zero-order chi connectivity index (χ0) is 16.9. The van der Waals surface area contributed by atoms with Crippen LogP contribution >= 0.6 is 0 Å². The van der Waals surface area contributed by atoms with Crippen molar-refractivity contribution in [2.45, 2.75) is 6.54 Å². The van der Waals surface area contributed by atoms with Crippen LogP contribution in [0.1, 0.15) is 16.2 Å². The van der Waals surface area contributed by atoms with E-state index in [1.54, 1.807) is 25.5 Å². The number of primary amides is 1. The summed E-state index contributed by atoms with van der Waals surface area (Å²) in [5.41, 5.74) is 6.87. The molecule has 3 aromatic rings. The molecule has 0 aliphatic heterocycles. The first-order chi connectivity index (χ1) is 11.7. The topological polar surface area (TPSA) is 103 Å². The Kier molecular flexibility index (Phi) is 4.42. The Bertz CT molecular complexity index is 847. The standard InChI is InChI=1S/C17H16N4O3/c1-23-12-5-2-4-11(8-12)14-9-15(16(18)22)21-17(20-14)19-10-13-6-3-7-24-13/h2-9H,10H2,1H3,(H2,18,22)(H,19,20,21). The van der Waals surface area contributed by atoms with Crippen molar-refractivity contribution in [1.82, 2.24) is 9.97 Å². The van der Waals surface area contributed by atoms with Crippen LogP contribution in [0.5, 0.6) is 5.75 Å². The van der Waals surface area contributed by atoms with Crippen LogP contribution in [-0.4, -0.2) is 23.0 Å². The first-order valence-corrected chi connectivity index (χ1v) is 7.25. The summed E-state index contributed by atoms with van der Waals surface area (Å²) in [6.07, 6.45) is 1.58. The molecule has 1 aromatic carbocycles. The molecule has 0 aliphatic rings. The summed E-state index contributed by atoms with van der Waals surface area (Å²) in [5, 5.41) is 3.03. The molecule has 2 heterocycles. The van der Waals surface area contributed by atoms with Crippen LogP contribution < -0.4 is 15.8 Å². The van der Waals surface area contributed by atoms with Crippen LogP contribution in [0.4, 0.5) is 5.95 Å². The van der Waals surface area contributed by atoms with Gasteiger partial charge in [-0.1, -0.05) is 12.1 Å². The molecule has 3 N–H and O–H groups in total. The number of nitrogens with one attached hydrogen (secondary N) is 1. The van der Waals surface area contributed by atoms with E-state index < -0.39 is 5.91 Å². The molecular formula is C17H16N4O3. The molecule has 24 heavy (non-hydrogen) atoms. The van der Waals surface area contributed by atoms with Crippen LogP contribution in [0.3, 0.4) is 0 Å². The van der Waals surface area contributed by atoms with Gasteiger partial charge in [-0.3, -0.25) is 4.79 Å². The van der Waals surface area contributed by atoms with Gasteiger partial charge >= 0.3 is 0 Å². The molecule has 7 heteroatoms. The van der Waals surface area contributed by atoms with Gasteiger partial charge in [0.1, 0.15) is 17.2 Å². The number of hydrogen-bond acceptors (Lipinski definition) is 6. The molecule has 3 rings (SSSR count). The van der Waals surface area contributed by atoms with Crippen LogP contribution in [-0.2, 0) is 6.54 Å². The SMILES string of the molecule is COc1cccc(-c2cc(C(N)=O)nc(NCc3ccco3)n2)c1. The number of ether oxygens (including phenoxy) is 1. The molecule has 2 aromatic heterocycles. The molecular weight excluding hydrogens is 308 g/mol. The molecule has 0 radical (unpaired) electrons. The second kappa shape index (κ2) is 6.82. The maximum absolute atomic E-state index is 11.6. The second-order valence-electron chi connectivity index (χ2n) is 4.99. The highest BCUT2D eigenvalue weighted by Crippen LogP contribution is 2.23. The lowest BCUT2D eigenvalue weighted by molar-refractivity contribution is 0.0995. The van der Waals surface area contributed by atoms with Gasteiger partial charge in [0.15, 0.2) is 0 Å². The fourth-order valence-electron chi connectivity index (χ4n) is 2.16. The minimum Gasteiger partial charge on any atom is -0.497 e. The maximum atomic E-state index is 11.6.